The van der Waals surface area contributed by atoms with Crippen molar-refractivity contribution in [3.05, 3.63) is 66.6 Å². The molecule has 4 rings (SSSR count). The van der Waals surface area contributed by atoms with E-state index in [1.54, 1.807) is 55.1 Å². The zero-order valence-corrected chi connectivity index (χ0v) is 22.0. The van der Waals surface area contributed by atoms with Gasteiger partial charge in [-0.25, -0.2) is 13.4 Å². The van der Waals surface area contributed by atoms with E-state index in [4.69, 9.17) is 14.2 Å². The highest BCUT2D eigenvalue weighted by atomic mass is 32.2. The Morgan fingerprint density at radius 3 is 2.19 bits per heavy atom. The molecular formula is C25H28N6O5S. The lowest BCUT2D eigenvalue weighted by atomic mass is 10.1. The van der Waals surface area contributed by atoms with Crippen molar-refractivity contribution in [2.24, 2.45) is 0 Å². The molecule has 4 aromatic rings. The molecule has 194 valence electrons. The topological polar surface area (TPSA) is 131 Å². The fourth-order valence-electron chi connectivity index (χ4n) is 3.91. The second-order valence-electron chi connectivity index (χ2n) is 8.31. The summed E-state index contributed by atoms with van der Waals surface area (Å²) in [5, 5.41) is 7.84. The van der Waals surface area contributed by atoms with Crippen LogP contribution >= 0.6 is 0 Å². The first-order valence-corrected chi connectivity index (χ1v) is 13.2. The maximum atomic E-state index is 13.6. The van der Waals surface area contributed by atoms with Crippen LogP contribution in [0.15, 0.2) is 55.1 Å². The normalized spacial score (nSPS) is 13.1. The fraction of sp³-hybridized carbons (Fsp3) is 0.320. The lowest BCUT2D eigenvalue weighted by Gasteiger charge is -2.21. The summed E-state index contributed by atoms with van der Waals surface area (Å²) in [7, 11) is 0.819. The van der Waals surface area contributed by atoms with Gasteiger partial charge >= 0.3 is 0 Å². The number of pyridine rings is 1. The summed E-state index contributed by atoms with van der Waals surface area (Å²) < 4.78 is 45.2. The van der Waals surface area contributed by atoms with Gasteiger partial charge in [0.2, 0.25) is 5.88 Å². The lowest BCUT2D eigenvalue weighted by molar-refractivity contribution is 0.390. The molecule has 0 unspecified atom stereocenters. The van der Waals surface area contributed by atoms with Gasteiger partial charge in [-0.2, -0.15) is 0 Å². The number of sulfone groups is 1. The highest BCUT2D eigenvalue weighted by molar-refractivity contribution is 7.91. The molecule has 3 aromatic heterocycles. The monoisotopic (exact) mass is 524 g/mol. The van der Waals surface area contributed by atoms with Gasteiger partial charge in [-0.05, 0) is 31.2 Å². The van der Waals surface area contributed by atoms with Gasteiger partial charge in [0.15, 0.2) is 21.5 Å². The third-order valence-electron chi connectivity index (χ3n) is 6.20. The molecule has 0 bridgehead atoms. The van der Waals surface area contributed by atoms with Crippen molar-refractivity contribution in [1.29, 1.82) is 0 Å². The first-order valence-electron chi connectivity index (χ1n) is 11.4. The Morgan fingerprint density at radius 1 is 0.892 bits per heavy atom. The summed E-state index contributed by atoms with van der Waals surface area (Å²) in [4.78, 5) is 12.7. The van der Waals surface area contributed by atoms with Crippen LogP contribution in [0.5, 0.6) is 17.4 Å². The second kappa shape index (κ2) is 10.9. The average molecular weight is 525 g/mol. The molecule has 0 aliphatic rings. The van der Waals surface area contributed by atoms with Crippen LogP contribution in [0.4, 0.5) is 0 Å². The Hall–Kier alpha value is -4.06. The van der Waals surface area contributed by atoms with E-state index in [1.165, 1.54) is 33.7 Å². The van der Waals surface area contributed by atoms with Crippen molar-refractivity contribution in [2.75, 3.05) is 21.3 Å². The zero-order valence-electron chi connectivity index (χ0n) is 21.2. The molecule has 0 saturated heterocycles. The van der Waals surface area contributed by atoms with Crippen LogP contribution in [0.25, 0.3) is 17.1 Å². The van der Waals surface area contributed by atoms with Crippen molar-refractivity contribution in [3.63, 3.8) is 0 Å². The maximum absolute atomic E-state index is 13.6. The standard InChI is InChI=1S/C25H28N6O5S/c1-16(19-13-28-23(36-5)14-27-19)17(2)37(32,33)15-22-29-30-25(18-8-7-11-26-12-18)31(22)24-20(34-3)9-6-10-21(24)35-4/h6-14,16-17H,15H2,1-5H3/t16-,17-/m1/s1. The number of ether oxygens (including phenoxy) is 3. The summed E-state index contributed by atoms with van der Waals surface area (Å²) in [5.41, 5.74) is 1.69. The number of nitrogens with zero attached hydrogens (tertiary/aromatic N) is 6. The van der Waals surface area contributed by atoms with Gasteiger partial charge in [-0.15, -0.1) is 10.2 Å². The summed E-state index contributed by atoms with van der Waals surface area (Å²) >= 11 is 0. The van der Waals surface area contributed by atoms with E-state index in [1.807, 2.05) is 6.07 Å². The highest BCUT2D eigenvalue weighted by Crippen LogP contribution is 2.37. The molecule has 0 aliphatic carbocycles. The molecular weight excluding hydrogens is 496 g/mol. The van der Waals surface area contributed by atoms with Crippen LogP contribution in [-0.2, 0) is 15.6 Å². The van der Waals surface area contributed by atoms with E-state index >= 15 is 0 Å². The number of aromatic nitrogens is 6. The van der Waals surface area contributed by atoms with Gasteiger partial charge in [-0.1, -0.05) is 13.0 Å². The number of hydrogen-bond acceptors (Lipinski definition) is 10. The molecule has 2 atom stereocenters. The molecule has 11 nitrogen and oxygen atoms in total. The Labute approximate surface area is 215 Å². The van der Waals surface area contributed by atoms with E-state index in [2.05, 4.69) is 25.1 Å². The molecule has 0 radical (unpaired) electrons. The van der Waals surface area contributed by atoms with E-state index in [0.29, 0.717) is 40.1 Å². The molecule has 0 spiro atoms. The van der Waals surface area contributed by atoms with Crippen LogP contribution in [0, 0.1) is 0 Å². The van der Waals surface area contributed by atoms with Gasteiger partial charge < -0.3 is 14.2 Å². The first-order chi connectivity index (χ1) is 17.8. The summed E-state index contributed by atoms with van der Waals surface area (Å²) in [6.45, 7) is 3.45. The van der Waals surface area contributed by atoms with Crippen molar-refractivity contribution in [3.8, 4) is 34.5 Å². The summed E-state index contributed by atoms with van der Waals surface area (Å²) in [5.74, 6) is 1.10. The fourth-order valence-corrected chi connectivity index (χ4v) is 5.48. The van der Waals surface area contributed by atoms with Crippen LogP contribution in [0.3, 0.4) is 0 Å². The minimum atomic E-state index is -3.73. The molecule has 12 heteroatoms. The van der Waals surface area contributed by atoms with Crippen LogP contribution in [-0.4, -0.2) is 64.7 Å². The molecule has 0 fully saturated rings. The van der Waals surface area contributed by atoms with Gasteiger partial charge in [-0.3, -0.25) is 14.5 Å². The molecule has 0 amide bonds. The largest absolute Gasteiger partial charge is 0.494 e. The molecule has 1 aromatic carbocycles. The average Bonchev–Trinajstić information content (AvgIpc) is 3.34. The Bertz CT molecular complexity index is 1440. The Kier molecular flexibility index (Phi) is 7.67. The number of benzene rings is 1. The quantitative estimate of drug-likeness (QED) is 0.304. The molecule has 0 N–H and O–H groups in total. The number of rotatable bonds is 10. The summed E-state index contributed by atoms with van der Waals surface area (Å²) in [6.07, 6.45) is 6.27. The van der Waals surface area contributed by atoms with Crippen LogP contribution in [0.1, 0.15) is 31.3 Å². The SMILES string of the molecule is COc1cnc([C@H](C)[C@@H](C)S(=O)(=O)Cc2nnc(-c3cccnc3)n2-c2c(OC)cccc2OC)cn1. The maximum Gasteiger partial charge on any atom is 0.231 e. The van der Waals surface area contributed by atoms with Crippen molar-refractivity contribution >= 4 is 9.84 Å². The van der Waals surface area contributed by atoms with Crippen LogP contribution in [0.2, 0.25) is 0 Å². The van der Waals surface area contributed by atoms with E-state index in [9.17, 15) is 8.42 Å². The van der Waals surface area contributed by atoms with Gasteiger partial charge in [0, 0.05) is 23.9 Å². The third-order valence-corrected chi connectivity index (χ3v) is 8.40. The highest BCUT2D eigenvalue weighted by Gasteiger charge is 2.32. The van der Waals surface area contributed by atoms with Crippen molar-refractivity contribution in [2.45, 2.75) is 30.8 Å². The smallest absolute Gasteiger partial charge is 0.231 e. The Morgan fingerprint density at radius 2 is 1.62 bits per heavy atom. The summed E-state index contributed by atoms with van der Waals surface area (Å²) in [6, 6.07) is 8.89. The van der Waals surface area contributed by atoms with Gasteiger partial charge in [0.1, 0.15) is 22.9 Å². The van der Waals surface area contributed by atoms with Crippen molar-refractivity contribution < 1.29 is 22.6 Å². The van der Waals surface area contributed by atoms with E-state index in [-0.39, 0.29) is 11.6 Å². The lowest BCUT2D eigenvalue weighted by Crippen LogP contribution is -2.27. The minimum Gasteiger partial charge on any atom is -0.494 e. The van der Waals surface area contributed by atoms with Crippen LogP contribution < -0.4 is 14.2 Å². The van der Waals surface area contributed by atoms with E-state index in [0.717, 1.165) is 0 Å². The third kappa shape index (κ3) is 5.24. The van der Waals surface area contributed by atoms with Crippen molar-refractivity contribution in [1.82, 2.24) is 29.7 Å². The molecule has 0 aliphatic heterocycles. The van der Waals surface area contributed by atoms with Gasteiger partial charge in [0.25, 0.3) is 0 Å². The van der Waals surface area contributed by atoms with E-state index < -0.39 is 21.0 Å². The molecule has 3 heterocycles. The van der Waals surface area contributed by atoms with Gasteiger partial charge in [0.05, 0.1) is 44.7 Å². The zero-order chi connectivity index (χ0) is 26.6. The number of hydrogen-bond donors (Lipinski definition) is 0. The number of para-hydroxylation sites is 1. The number of methoxy groups -OCH3 is 3. The predicted octanol–water partition coefficient (Wildman–Crippen LogP) is 3.25. The Balaban J connectivity index is 1.79. The second-order valence-corrected chi connectivity index (χ2v) is 10.7. The predicted molar refractivity (Wildman–Crippen MR) is 137 cm³/mol. The molecule has 0 saturated carbocycles. The first kappa shape index (κ1) is 26.0. The minimum absolute atomic E-state index is 0.210. The molecule has 37 heavy (non-hydrogen) atoms.